The van der Waals surface area contributed by atoms with E-state index in [-0.39, 0.29) is 12.5 Å². The highest BCUT2D eigenvalue weighted by molar-refractivity contribution is 5.77. The smallest absolute Gasteiger partial charge is 0.258 e. The summed E-state index contributed by atoms with van der Waals surface area (Å²) in [6, 6.07) is 14.5. The Labute approximate surface area is 162 Å². The van der Waals surface area contributed by atoms with Crippen molar-refractivity contribution in [3.63, 3.8) is 0 Å². The van der Waals surface area contributed by atoms with Gasteiger partial charge in [-0.15, -0.1) is 0 Å². The first-order valence-electron chi connectivity index (χ1n) is 9.88. The van der Waals surface area contributed by atoms with Crippen molar-refractivity contribution in [3.05, 3.63) is 64.7 Å². The molecule has 27 heavy (non-hydrogen) atoms. The topological polar surface area (TPSA) is 41.6 Å². The Balaban J connectivity index is 1.43. The van der Waals surface area contributed by atoms with Gasteiger partial charge in [0.25, 0.3) is 5.91 Å². The molecule has 4 nitrogen and oxygen atoms in total. The van der Waals surface area contributed by atoms with Crippen molar-refractivity contribution < 1.29 is 9.53 Å². The van der Waals surface area contributed by atoms with Gasteiger partial charge in [-0.3, -0.25) is 9.69 Å². The van der Waals surface area contributed by atoms with Crippen LogP contribution in [0.2, 0.25) is 0 Å². The number of nitrogens with zero attached hydrogens (tertiary/aromatic N) is 1. The van der Waals surface area contributed by atoms with Crippen molar-refractivity contribution in [1.29, 1.82) is 0 Å². The van der Waals surface area contributed by atoms with Gasteiger partial charge in [-0.25, -0.2) is 0 Å². The number of benzene rings is 2. The van der Waals surface area contributed by atoms with Crippen LogP contribution in [-0.2, 0) is 17.9 Å². The van der Waals surface area contributed by atoms with Crippen molar-refractivity contribution >= 4 is 5.91 Å². The number of nitrogens with one attached hydrogen (secondary N) is 1. The molecule has 1 aliphatic rings. The zero-order chi connectivity index (χ0) is 19.1. The van der Waals surface area contributed by atoms with Crippen molar-refractivity contribution in [2.75, 3.05) is 19.7 Å². The summed E-state index contributed by atoms with van der Waals surface area (Å²) in [4.78, 5) is 14.6. The molecule has 1 saturated heterocycles. The monoisotopic (exact) mass is 366 g/mol. The molecule has 1 N–H and O–H groups in total. The Bertz CT molecular complexity index is 729. The van der Waals surface area contributed by atoms with Crippen LogP contribution in [0.25, 0.3) is 0 Å². The average molecular weight is 367 g/mol. The molecule has 144 valence electrons. The third-order valence-electron chi connectivity index (χ3n) is 5.12. The third kappa shape index (κ3) is 5.83. The summed E-state index contributed by atoms with van der Waals surface area (Å²) in [5.74, 6) is 0.699. The molecule has 0 unspecified atom stereocenters. The van der Waals surface area contributed by atoms with Gasteiger partial charge < -0.3 is 10.1 Å². The molecule has 1 heterocycles. The molecule has 4 heteroatoms. The van der Waals surface area contributed by atoms with Crippen molar-refractivity contribution in [2.45, 2.75) is 46.2 Å². The summed E-state index contributed by atoms with van der Waals surface area (Å²) in [5.41, 5.74) is 4.54. The minimum Gasteiger partial charge on any atom is -0.483 e. The predicted octanol–water partition coefficient (Wildman–Crippen LogP) is 3.98. The first-order valence-corrected chi connectivity index (χ1v) is 9.88. The Kier molecular flexibility index (Phi) is 6.88. The van der Waals surface area contributed by atoms with Crippen LogP contribution >= 0.6 is 0 Å². The molecular formula is C23H30N2O2. The lowest BCUT2D eigenvalue weighted by Gasteiger charge is -2.26. The number of hydrogen-bond acceptors (Lipinski definition) is 3. The van der Waals surface area contributed by atoms with E-state index in [2.05, 4.69) is 34.5 Å². The fourth-order valence-electron chi connectivity index (χ4n) is 3.55. The van der Waals surface area contributed by atoms with E-state index in [4.69, 9.17) is 4.74 Å². The van der Waals surface area contributed by atoms with Crippen LogP contribution in [0.4, 0.5) is 0 Å². The molecule has 0 aromatic heterocycles. The lowest BCUT2D eigenvalue weighted by atomic mass is 10.1. The van der Waals surface area contributed by atoms with E-state index in [0.29, 0.717) is 6.54 Å². The molecule has 1 fully saturated rings. The van der Waals surface area contributed by atoms with Gasteiger partial charge in [-0.05, 0) is 62.0 Å². The molecule has 0 bridgehead atoms. The molecule has 2 aromatic carbocycles. The van der Waals surface area contributed by atoms with Gasteiger partial charge in [0.2, 0.25) is 0 Å². The second-order valence-electron chi connectivity index (χ2n) is 7.44. The quantitative estimate of drug-likeness (QED) is 0.806. The molecule has 0 aliphatic carbocycles. The lowest BCUT2D eigenvalue weighted by Crippen LogP contribution is -2.29. The fourth-order valence-corrected chi connectivity index (χ4v) is 3.55. The van der Waals surface area contributed by atoms with Crippen LogP contribution in [0, 0.1) is 13.8 Å². The number of aryl methyl sites for hydroxylation is 2. The summed E-state index contributed by atoms with van der Waals surface area (Å²) in [6.07, 6.45) is 3.99. The van der Waals surface area contributed by atoms with E-state index in [1.165, 1.54) is 37.9 Å². The zero-order valence-electron chi connectivity index (χ0n) is 16.5. The number of ether oxygens (including phenoxy) is 1. The molecule has 1 amide bonds. The highest BCUT2D eigenvalue weighted by Gasteiger charge is 2.10. The van der Waals surface area contributed by atoms with Crippen LogP contribution in [0.3, 0.4) is 0 Å². The SMILES string of the molecule is Cc1cccc(C)c1OCC(=O)NCc1ccc(CN2CCCCC2)cc1. The number of rotatable bonds is 7. The van der Waals surface area contributed by atoms with E-state index in [0.717, 1.165) is 29.0 Å². The maximum absolute atomic E-state index is 12.1. The highest BCUT2D eigenvalue weighted by atomic mass is 16.5. The van der Waals surface area contributed by atoms with Gasteiger partial charge in [0.15, 0.2) is 6.61 Å². The Morgan fingerprint density at radius 2 is 1.59 bits per heavy atom. The van der Waals surface area contributed by atoms with Gasteiger partial charge in [0.05, 0.1) is 0 Å². The van der Waals surface area contributed by atoms with Gasteiger partial charge in [-0.2, -0.15) is 0 Å². The molecule has 0 saturated carbocycles. The number of piperidine rings is 1. The largest absolute Gasteiger partial charge is 0.483 e. The zero-order valence-corrected chi connectivity index (χ0v) is 16.5. The molecule has 2 aromatic rings. The lowest BCUT2D eigenvalue weighted by molar-refractivity contribution is -0.123. The van der Waals surface area contributed by atoms with Crippen LogP contribution in [0.1, 0.15) is 41.5 Å². The minimum absolute atomic E-state index is 0.0404. The predicted molar refractivity (Wildman–Crippen MR) is 109 cm³/mol. The fraction of sp³-hybridized carbons (Fsp3) is 0.435. The highest BCUT2D eigenvalue weighted by Crippen LogP contribution is 2.22. The Morgan fingerprint density at radius 3 is 2.26 bits per heavy atom. The van der Waals surface area contributed by atoms with Crippen molar-refractivity contribution in [2.24, 2.45) is 0 Å². The van der Waals surface area contributed by atoms with E-state index in [9.17, 15) is 4.79 Å². The van der Waals surface area contributed by atoms with Gasteiger partial charge >= 0.3 is 0 Å². The maximum atomic E-state index is 12.1. The van der Waals surface area contributed by atoms with E-state index in [1.54, 1.807) is 0 Å². The van der Waals surface area contributed by atoms with Crippen molar-refractivity contribution in [3.8, 4) is 5.75 Å². The van der Waals surface area contributed by atoms with E-state index < -0.39 is 0 Å². The molecular weight excluding hydrogens is 336 g/mol. The summed E-state index contributed by atoms with van der Waals surface area (Å²) < 4.78 is 5.70. The maximum Gasteiger partial charge on any atom is 0.258 e. The number of carbonyl (C=O) groups excluding carboxylic acids is 1. The molecule has 0 radical (unpaired) electrons. The van der Waals surface area contributed by atoms with Crippen molar-refractivity contribution in [1.82, 2.24) is 10.2 Å². The second-order valence-corrected chi connectivity index (χ2v) is 7.44. The van der Waals surface area contributed by atoms with Crippen LogP contribution in [0.15, 0.2) is 42.5 Å². The number of hydrogen-bond donors (Lipinski definition) is 1. The summed E-state index contributed by atoms with van der Waals surface area (Å²) in [7, 11) is 0. The molecule has 0 atom stereocenters. The summed E-state index contributed by atoms with van der Waals surface area (Å²) in [5, 5.41) is 2.93. The summed E-state index contributed by atoms with van der Waals surface area (Å²) >= 11 is 0. The third-order valence-corrected chi connectivity index (χ3v) is 5.12. The first-order chi connectivity index (χ1) is 13.1. The molecule has 3 rings (SSSR count). The van der Waals surface area contributed by atoms with E-state index in [1.807, 2.05) is 32.0 Å². The van der Waals surface area contributed by atoms with Crippen LogP contribution < -0.4 is 10.1 Å². The number of amides is 1. The number of likely N-dealkylation sites (tertiary alicyclic amines) is 1. The van der Waals surface area contributed by atoms with E-state index >= 15 is 0 Å². The number of para-hydroxylation sites is 1. The minimum atomic E-state index is -0.102. The molecule has 1 aliphatic heterocycles. The molecule has 0 spiro atoms. The number of carbonyl (C=O) groups is 1. The standard InChI is InChI=1S/C23H30N2O2/c1-18-7-6-8-19(2)23(18)27-17-22(26)24-15-20-9-11-21(12-10-20)16-25-13-4-3-5-14-25/h6-12H,3-5,13-17H2,1-2H3,(H,24,26). The first kappa shape index (κ1) is 19.4. The van der Waals surface area contributed by atoms with Gasteiger partial charge in [0, 0.05) is 13.1 Å². The van der Waals surface area contributed by atoms with Gasteiger partial charge in [-0.1, -0.05) is 48.9 Å². The Hall–Kier alpha value is -2.33. The van der Waals surface area contributed by atoms with Crippen LogP contribution in [0.5, 0.6) is 5.75 Å². The van der Waals surface area contributed by atoms with Gasteiger partial charge in [0.1, 0.15) is 5.75 Å². The Morgan fingerprint density at radius 1 is 0.963 bits per heavy atom. The second kappa shape index (κ2) is 9.56. The normalized spacial score (nSPS) is 14.7. The average Bonchev–Trinajstić information content (AvgIpc) is 2.68. The van der Waals surface area contributed by atoms with Crippen LogP contribution in [-0.4, -0.2) is 30.5 Å². The summed E-state index contributed by atoms with van der Waals surface area (Å²) in [6.45, 7) is 7.99.